The zero-order valence-electron chi connectivity index (χ0n) is 10.9. The number of hydrogen-bond donors (Lipinski definition) is 1. The Hall–Kier alpha value is -1.08. The van der Waals surface area contributed by atoms with E-state index in [-0.39, 0.29) is 6.10 Å². The van der Waals surface area contributed by atoms with E-state index in [0.717, 1.165) is 6.42 Å². The fraction of sp³-hybridized carbons (Fsp3) is 0.500. The molecular weight excluding hydrogens is 208 g/mol. The van der Waals surface area contributed by atoms with Gasteiger partial charge in [-0.25, -0.2) is 0 Å². The summed E-state index contributed by atoms with van der Waals surface area (Å²) in [6.07, 6.45) is 2.80. The maximum absolute atomic E-state index is 10.1. The zero-order chi connectivity index (χ0) is 12.4. The zero-order valence-corrected chi connectivity index (χ0v) is 10.9. The van der Waals surface area contributed by atoms with Crippen LogP contribution < -0.4 is 0 Å². The summed E-state index contributed by atoms with van der Waals surface area (Å²) in [6, 6.07) is 10.5. The number of aliphatic hydroxyl groups is 1. The lowest BCUT2D eigenvalue weighted by molar-refractivity contribution is 0.0848. The van der Waals surface area contributed by atoms with Crippen LogP contribution in [-0.4, -0.2) is 11.2 Å². The molecule has 0 spiro atoms. The lowest BCUT2D eigenvalue weighted by Gasteiger charge is -2.27. The van der Waals surface area contributed by atoms with E-state index in [1.807, 2.05) is 6.07 Å². The SMILES string of the molecule is C[C@@H]1[C@H](C)[C@H](C)C(c2ccccc2)=CC[C@@H]1O. The van der Waals surface area contributed by atoms with Crippen molar-refractivity contribution in [1.29, 1.82) is 0 Å². The van der Waals surface area contributed by atoms with Gasteiger partial charge in [-0.05, 0) is 35.3 Å². The molecule has 17 heavy (non-hydrogen) atoms. The van der Waals surface area contributed by atoms with Crippen LogP contribution in [0.1, 0.15) is 32.8 Å². The van der Waals surface area contributed by atoms with Crippen molar-refractivity contribution in [2.45, 2.75) is 33.3 Å². The number of hydrogen-bond acceptors (Lipinski definition) is 1. The number of benzene rings is 1. The third kappa shape index (κ3) is 2.44. The maximum Gasteiger partial charge on any atom is 0.0603 e. The summed E-state index contributed by atoms with van der Waals surface area (Å²) in [7, 11) is 0. The molecule has 0 amide bonds. The molecule has 1 aliphatic rings. The Morgan fingerprint density at radius 1 is 1.00 bits per heavy atom. The van der Waals surface area contributed by atoms with Gasteiger partial charge in [-0.3, -0.25) is 0 Å². The Labute approximate surface area is 104 Å². The molecule has 0 saturated carbocycles. The van der Waals surface area contributed by atoms with E-state index in [4.69, 9.17) is 0 Å². The molecule has 2 rings (SSSR count). The monoisotopic (exact) mass is 230 g/mol. The molecule has 0 saturated heterocycles. The van der Waals surface area contributed by atoms with Crippen LogP contribution in [0.3, 0.4) is 0 Å². The van der Waals surface area contributed by atoms with E-state index in [1.165, 1.54) is 11.1 Å². The van der Waals surface area contributed by atoms with Gasteiger partial charge in [-0.1, -0.05) is 57.2 Å². The van der Waals surface area contributed by atoms with Crippen LogP contribution in [0.25, 0.3) is 5.57 Å². The normalized spacial score (nSPS) is 34.0. The minimum absolute atomic E-state index is 0.200. The van der Waals surface area contributed by atoms with Crippen molar-refractivity contribution in [1.82, 2.24) is 0 Å². The molecule has 1 N–H and O–H groups in total. The highest BCUT2D eigenvalue weighted by Crippen LogP contribution is 2.37. The first-order valence-corrected chi connectivity index (χ1v) is 6.54. The van der Waals surface area contributed by atoms with Gasteiger partial charge in [-0.2, -0.15) is 0 Å². The molecule has 0 aromatic heterocycles. The van der Waals surface area contributed by atoms with Crippen molar-refractivity contribution in [2.24, 2.45) is 17.8 Å². The first-order chi connectivity index (χ1) is 8.11. The Kier molecular flexibility index (Phi) is 3.68. The molecule has 0 fully saturated rings. The third-order valence-electron chi connectivity index (χ3n) is 4.40. The van der Waals surface area contributed by atoms with Crippen molar-refractivity contribution < 1.29 is 5.11 Å². The second kappa shape index (κ2) is 5.05. The first-order valence-electron chi connectivity index (χ1n) is 6.54. The topological polar surface area (TPSA) is 20.2 Å². The van der Waals surface area contributed by atoms with Gasteiger partial charge in [0.25, 0.3) is 0 Å². The Balaban J connectivity index is 2.34. The van der Waals surface area contributed by atoms with E-state index in [1.54, 1.807) is 0 Å². The van der Waals surface area contributed by atoms with Crippen molar-refractivity contribution in [3.05, 3.63) is 42.0 Å². The predicted octanol–water partition coefficient (Wildman–Crippen LogP) is 3.74. The summed E-state index contributed by atoms with van der Waals surface area (Å²) >= 11 is 0. The Morgan fingerprint density at radius 3 is 2.29 bits per heavy atom. The molecule has 1 aromatic carbocycles. The lowest BCUT2D eigenvalue weighted by Crippen LogP contribution is -2.25. The maximum atomic E-state index is 10.1. The highest BCUT2D eigenvalue weighted by Gasteiger charge is 2.29. The smallest absolute Gasteiger partial charge is 0.0603 e. The van der Waals surface area contributed by atoms with E-state index in [0.29, 0.717) is 17.8 Å². The summed E-state index contributed by atoms with van der Waals surface area (Å²) in [5.74, 6) is 1.38. The molecule has 1 aromatic rings. The van der Waals surface area contributed by atoms with Crippen LogP contribution >= 0.6 is 0 Å². The van der Waals surface area contributed by atoms with E-state index < -0.39 is 0 Å². The van der Waals surface area contributed by atoms with Crippen molar-refractivity contribution >= 4 is 5.57 Å². The molecule has 1 heteroatoms. The van der Waals surface area contributed by atoms with Crippen LogP contribution in [0, 0.1) is 17.8 Å². The number of rotatable bonds is 1. The van der Waals surface area contributed by atoms with Crippen molar-refractivity contribution in [2.75, 3.05) is 0 Å². The van der Waals surface area contributed by atoms with E-state index >= 15 is 0 Å². The number of allylic oxidation sites excluding steroid dienone is 1. The van der Waals surface area contributed by atoms with Crippen LogP contribution in [0.15, 0.2) is 36.4 Å². The first kappa shape index (κ1) is 12.4. The highest BCUT2D eigenvalue weighted by molar-refractivity contribution is 5.67. The summed E-state index contributed by atoms with van der Waals surface area (Å²) in [4.78, 5) is 0. The molecule has 1 nitrogen and oxygen atoms in total. The van der Waals surface area contributed by atoms with Gasteiger partial charge in [-0.15, -0.1) is 0 Å². The third-order valence-corrected chi connectivity index (χ3v) is 4.40. The van der Waals surface area contributed by atoms with Crippen molar-refractivity contribution in [3.8, 4) is 0 Å². The molecule has 92 valence electrons. The fourth-order valence-electron chi connectivity index (χ4n) is 2.75. The Morgan fingerprint density at radius 2 is 1.65 bits per heavy atom. The van der Waals surface area contributed by atoms with Crippen molar-refractivity contribution in [3.63, 3.8) is 0 Å². The molecule has 0 heterocycles. The van der Waals surface area contributed by atoms with Gasteiger partial charge in [0.2, 0.25) is 0 Å². The minimum atomic E-state index is -0.200. The predicted molar refractivity (Wildman–Crippen MR) is 72.5 cm³/mol. The second-order valence-electron chi connectivity index (χ2n) is 5.34. The average Bonchev–Trinajstić information content (AvgIpc) is 2.45. The van der Waals surface area contributed by atoms with Crippen LogP contribution in [0.2, 0.25) is 0 Å². The molecular formula is C16H22O. The summed E-state index contributed by atoms with van der Waals surface area (Å²) < 4.78 is 0. The second-order valence-corrected chi connectivity index (χ2v) is 5.34. The van der Waals surface area contributed by atoms with Gasteiger partial charge < -0.3 is 5.11 Å². The molecule has 1 aliphatic carbocycles. The summed E-state index contributed by atoms with van der Waals surface area (Å²) in [5.41, 5.74) is 2.69. The highest BCUT2D eigenvalue weighted by atomic mass is 16.3. The van der Waals surface area contributed by atoms with Crippen LogP contribution in [0.5, 0.6) is 0 Å². The van der Waals surface area contributed by atoms with E-state index in [9.17, 15) is 5.11 Å². The standard InChI is InChI=1S/C16H22O/c1-11-12(2)15(9-10-16(17)13(11)3)14-7-5-4-6-8-14/h4-9,11-13,16-17H,10H2,1-3H3/t11-,12+,13-,16+/m1/s1. The molecule has 0 bridgehead atoms. The average molecular weight is 230 g/mol. The van der Waals surface area contributed by atoms with Gasteiger partial charge in [0.1, 0.15) is 0 Å². The summed E-state index contributed by atoms with van der Waals surface area (Å²) in [5, 5.41) is 10.1. The molecule has 4 atom stereocenters. The molecule has 0 unspecified atom stereocenters. The quantitative estimate of drug-likeness (QED) is 0.779. The van der Waals surface area contributed by atoms with E-state index in [2.05, 4.69) is 51.1 Å². The molecule has 0 aliphatic heterocycles. The van der Waals surface area contributed by atoms with Crippen LogP contribution in [0.4, 0.5) is 0 Å². The Bertz CT molecular complexity index is 393. The fourth-order valence-corrected chi connectivity index (χ4v) is 2.75. The van der Waals surface area contributed by atoms with Gasteiger partial charge in [0.15, 0.2) is 0 Å². The van der Waals surface area contributed by atoms with Gasteiger partial charge in [0, 0.05) is 0 Å². The van der Waals surface area contributed by atoms with Gasteiger partial charge in [0.05, 0.1) is 6.10 Å². The summed E-state index contributed by atoms with van der Waals surface area (Å²) in [6.45, 7) is 6.69. The largest absolute Gasteiger partial charge is 0.393 e. The minimum Gasteiger partial charge on any atom is -0.393 e. The van der Waals surface area contributed by atoms with Crippen LogP contribution in [-0.2, 0) is 0 Å². The molecule has 0 radical (unpaired) electrons. The number of aliphatic hydroxyl groups excluding tert-OH is 1. The lowest BCUT2D eigenvalue weighted by atomic mass is 9.79. The van der Waals surface area contributed by atoms with Gasteiger partial charge >= 0.3 is 0 Å².